The van der Waals surface area contributed by atoms with Crippen molar-refractivity contribution in [3.63, 3.8) is 0 Å². The lowest BCUT2D eigenvalue weighted by Crippen LogP contribution is -2.48. The molecule has 0 N–H and O–H groups in total. The largest absolute Gasteiger partial charge is 0.371 e. The molecule has 1 nitrogen and oxygen atoms in total. The molecule has 0 aromatic rings. The second-order valence-corrected chi connectivity index (χ2v) is 8.70. The van der Waals surface area contributed by atoms with Crippen LogP contribution >= 0.6 is 23.2 Å². The van der Waals surface area contributed by atoms with E-state index in [4.69, 9.17) is 27.9 Å². The van der Waals surface area contributed by atoms with E-state index >= 15 is 0 Å². The number of fused-ring (bicyclic) bond motifs is 1. The molecule has 3 heteroatoms. The first kappa shape index (κ1) is 14.0. The first-order chi connectivity index (χ1) is 7.53. The molecule has 1 aliphatic heterocycles. The quantitative estimate of drug-likeness (QED) is 0.634. The minimum atomic E-state index is -0.579. The smallest absolute Gasteiger partial charge is 0.127 e. The van der Waals surface area contributed by atoms with Gasteiger partial charge in [-0.05, 0) is 25.2 Å². The maximum atomic E-state index is 6.47. The summed E-state index contributed by atoms with van der Waals surface area (Å²) in [5.41, 5.74) is -0.0762. The van der Waals surface area contributed by atoms with E-state index in [9.17, 15) is 0 Å². The molecule has 0 bridgehead atoms. The van der Waals surface area contributed by atoms with E-state index in [2.05, 4.69) is 41.5 Å². The van der Waals surface area contributed by atoms with E-state index in [0.717, 1.165) is 6.42 Å². The summed E-state index contributed by atoms with van der Waals surface area (Å²) in [7, 11) is 0. The van der Waals surface area contributed by atoms with Crippen LogP contribution in [0, 0.1) is 23.2 Å². The van der Waals surface area contributed by atoms with E-state index in [1.807, 2.05) is 0 Å². The van der Waals surface area contributed by atoms with Gasteiger partial charge in [-0.3, -0.25) is 0 Å². The summed E-state index contributed by atoms with van der Waals surface area (Å²) in [6, 6.07) is 0. The molecular formula is C14H24Cl2O. The van der Waals surface area contributed by atoms with Crippen LogP contribution in [0.2, 0.25) is 0 Å². The molecule has 1 heterocycles. The molecule has 0 aromatic heterocycles. The number of rotatable bonds is 1. The summed E-state index contributed by atoms with van der Waals surface area (Å²) in [4.78, 5) is 0. The van der Waals surface area contributed by atoms with Crippen molar-refractivity contribution >= 4 is 23.2 Å². The van der Waals surface area contributed by atoms with Crippen molar-refractivity contribution in [3.05, 3.63) is 0 Å². The Hall–Kier alpha value is 0.540. The van der Waals surface area contributed by atoms with Gasteiger partial charge in [0.05, 0.1) is 11.7 Å². The number of alkyl halides is 2. The molecule has 0 aromatic carbocycles. The topological polar surface area (TPSA) is 9.23 Å². The Morgan fingerprint density at radius 1 is 1.18 bits per heavy atom. The first-order valence-corrected chi connectivity index (χ1v) is 7.34. The fraction of sp³-hybridized carbons (Fsp3) is 1.00. The van der Waals surface area contributed by atoms with Gasteiger partial charge >= 0.3 is 0 Å². The summed E-state index contributed by atoms with van der Waals surface area (Å²) >= 11 is 12.9. The standard InChI is InChI=1S/C14H24Cl2O/c1-7-8-9-10(14(9,15)16)13(5,6)17-11(8)12(2,3)4/h8-11H,7H2,1-6H3. The summed E-state index contributed by atoms with van der Waals surface area (Å²) in [5.74, 6) is 1.15. The summed E-state index contributed by atoms with van der Waals surface area (Å²) in [6.07, 6.45) is 1.32. The Balaban J connectivity index is 2.33. The summed E-state index contributed by atoms with van der Waals surface area (Å²) in [5, 5.41) is 0. The average molecular weight is 279 g/mol. The number of hydrogen-bond acceptors (Lipinski definition) is 1. The van der Waals surface area contributed by atoms with Crippen LogP contribution in [0.15, 0.2) is 0 Å². The highest BCUT2D eigenvalue weighted by atomic mass is 35.5. The highest BCUT2D eigenvalue weighted by Crippen LogP contribution is 2.71. The Morgan fingerprint density at radius 3 is 2.12 bits per heavy atom. The van der Waals surface area contributed by atoms with Crippen molar-refractivity contribution in [1.29, 1.82) is 0 Å². The molecule has 0 radical (unpaired) electrons. The maximum absolute atomic E-state index is 6.47. The molecule has 0 amide bonds. The molecule has 2 rings (SSSR count). The second-order valence-electron chi connectivity index (χ2n) is 7.26. The molecule has 1 saturated heterocycles. The fourth-order valence-corrected chi connectivity index (χ4v) is 4.99. The minimum Gasteiger partial charge on any atom is -0.371 e. The van der Waals surface area contributed by atoms with Crippen LogP contribution in [0.1, 0.15) is 48.0 Å². The molecular weight excluding hydrogens is 255 g/mol. The van der Waals surface area contributed by atoms with E-state index in [0.29, 0.717) is 11.8 Å². The van der Waals surface area contributed by atoms with Crippen molar-refractivity contribution in [2.45, 2.75) is 64.0 Å². The molecule has 1 aliphatic carbocycles. The highest BCUT2D eigenvalue weighted by molar-refractivity contribution is 6.51. The monoisotopic (exact) mass is 278 g/mol. The van der Waals surface area contributed by atoms with Crippen molar-refractivity contribution in [3.8, 4) is 0 Å². The Bertz CT molecular complexity index is 317. The lowest BCUT2D eigenvalue weighted by Gasteiger charge is -2.46. The molecule has 4 atom stereocenters. The predicted molar refractivity (Wildman–Crippen MR) is 73.6 cm³/mol. The summed E-state index contributed by atoms with van der Waals surface area (Å²) < 4.78 is 5.78. The molecule has 100 valence electrons. The van der Waals surface area contributed by atoms with Crippen molar-refractivity contribution in [2.24, 2.45) is 23.2 Å². The van der Waals surface area contributed by atoms with Crippen molar-refractivity contribution in [2.75, 3.05) is 0 Å². The van der Waals surface area contributed by atoms with Crippen LogP contribution in [0.4, 0.5) is 0 Å². The van der Waals surface area contributed by atoms with Crippen LogP contribution in [-0.4, -0.2) is 16.0 Å². The van der Waals surface area contributed by atoms with Crippen LogP contribution in [0.5, 0.6) is 0 Å². The SMILES string of the molecule is CCC1C(C(C)(C)C)OC(C)(C)C2C1C2(Cl)Cl. The first-order valence-electron chi connectivity index (χ1n) is 6.59. The van der Waals surface area contributed by atoms with Crippen LogP contribution in [-0.2, 0) is 4.74 Å². The molecule has 17 heavy (non-hydrogen) atoms. The van der Waals surface area contributed by atoms with E-state index in [1.54, 1.807) is 0 Å². The zero-order valence-corrected chi connectivity index (χ0v) is 13.2. The van der Waals surface area contributed by atoms with Gasteiger partial charge in [0.25, 0.3) is 0 Å². The maximum Gasteiger partial charge on any atom is 0.127 e. The third-order valence-electron chi connectivity index (χ3n) is 4.46. The molecule has 4 unspecified atom stereocenters. The second kappa shape index (κ2) is 3.77. The Kier molecular flexibility index (Phi) is 3.10. The lowest BCUT2D eigenvalue weighted by molar-refractivity contribution is -0.179. The third-order valence-corrected chi connectivity index (χ3v) is 5.44. The van der Waals surface area contributed by atoms with Gasteiger partial charge in [-0.15, -0.1) is 23.2 Å². The van der Waals surface area contributed by atoms with Crippen LogP contribution in [0.3, 0.4) is 0 Å². The van der Waals surface area contributed by atoms with Crippen LogP contribution in [0.25, 0.3) is 0 Å². The highest BCUT2D eigenvalue weighted by Gasteiger charge is 2.75. The molecule has 2 aliphatic rings. The molecule has 1 saturated carbocycles. The summed E-state index contributed by atoms with van der Waals surface area (Å²) in [6.45, 7) is 13.2. The zero-order valence-electron chi connectivity index (χ0n) is 11.7. The third kappa shape index (κ3) is 2.03. The molecule has 2 fully saturated rings. The van der Waals surface area contributed by atoms with Gasteiger partial charge in [-0.1, -0.05) is 34.1 Å². The number of hydrogen-bond donors (Lipinski definition) is 0. The molecule has 0 spiro atoms. The fourth-order valence-electron chi connectivity index (χ4n) is 3.74. The number of halogens is 2. The van der Waals surface area contributed by atoms with E-state index in [-0.39, 0.29) is 23.0 Å². The van der Waals surface area contributed by atoms with Gasteiger partial charge in [0.2, 0.25) is 0 Å². The van der Waals surface area contributed by atoms with Crippen molar-refractivity contribution in [1.82, 2.24) is 0 Å². The van der Waals surface area contributed by atoms with Gasteiger partial charge in [-0.25, -0.2) is 0 Å². The van der Waals surface area contributed by atoms with Gasteiger partial charge in [0, 0.05) is 11.8 Å². The predicted octanol–water partition coefficient (Wildman–Crippen LogP) is 4.66. The Labute approximate surface area is 115 Å². The lowest BCUT2D eigenvalue weighted by atomic mass is 9.74. The normalized spacial score (nSPS) is 43.1. The van der Waals surface area contributed by atoms with Gasteiger partial charge < -0.3 is 4.74 Å². The van der Waals surface area contributed by atoms with Gasteiger partial charge in [0.1, 0.15) is 4.33 Å². The Morgan fingerprint density at radius 2 is 1.71 bits per heavy atom. The van der Waals surface area contributed by atoms with E-state index < -0.39 is 4.33 Å². The van der Waals surface area contributed by atoms with Gasteiger partial charge in [-0.2, -0.15) is 0 Å². The zero-order chi connectivity index (χ0) is 13.2. The van der Waals surface area contributed by atoms with E-state index in [1.165, 1.54) is 0 Å². The van der Waals surface area contributed by atoms with Crippen molar-refractivity contribution < 1.29 is 4.74 Å². The minimum absolute atomic E-state index is 0.134. The van der Waals surface area contributed by atoms with Crippen LogP contribution < -0.4 is 0 Å². The number of ether oxygens (including phenoxy) is 1. The average Bonchev–Trinajstić information content (AvgIpc) is 2.69. The van der Waals surface area contributed by atoms with Gasteiger partial charge in [0.15, 0.2) is 0 Å².